The van der Waals surface area contributed by atoms with Gasteiger partial charge in [0.15, 0.2) is 0 Å². The molecule has 0 saturated heterocycles. The summed E-state index contributed by atoms with van der Waals surface area (Å²) in [6.45, 7) is 0.385. The molecule has 0 aliphatic carbocycles. The number of carbonyl (C=O) groups excluding carboxylic acids is 2. The summed E-state index contributed by atoms with van der Waals surface area (Å²) < 4.78 is 19.1. The third-order valence-corrected chi connectivity index (χ3v) is 3.94. The summed E-state index contributed by atoms with van der Waals surface area (Å²) in [7, 11) is 0. The van der Waals surface area contributed by atoms with E-state index in [0.29, 0.717) is 31.6 Å². The van der Waals surface area contributed by atoms with Crippen molar-refractivity contribution in [1.29, 1.82) is 0 Å². The molecule has 130 valence electrons. The van der Waals surface area contributed by atoms with Gasteiger partial charge in [-0.2, -0.15) is 0 Å². The Bertz CT molecular complexity index is 792. The average Bonchev–Trinajstić information content (AvgIpc) is 2.61. The van der Waals surface area contributed by atoms with Crippen molar-refractivity contribution < 1.29 is 18.7 Å². The predicted molar refractivity (Wildman–Crippen MR) is 93.2 cm³/mol. The standard InChI is InChI=1S/C19H19FN2O3/c20-15-4-1-2-5-17(15)22-18(23)6-3-11-25-14-8-9-16-13(12-14)7-10-19(24)21-16/h1-2,4-5,8-9,12H,3,6-7,10-11H2,(H,21,24)(H,22,23). The molecule has 1 aliphatic rings. The van der Waals surface area contributed by atoms with Crippen LogP contribution in [0.15, 0.2) is 42.5 Å². The molecule has 6 heteroatoms. The van der Waals surface area contributed by atoms with Gasteiger partial charge in [0.2, 0.25) is 11.8 Å². The lowest BCUT2D eigenvalue weighted by atomic mass is 10.0. The molecule has 2 N–H and O–H groups in total. The number of nitrogens with one attached hydrogen (secondary N) is 2. The summed E-state index contributed by atoms with van der Waals surface area (Å²) in [5.74, 6) is 0.0431. The van der Waals surface area contributed by atoms with E-state index in [0.717, 1.165) is 11.3 Å². The van der Waals surface area contributed by atoms with Crippen LogP contribution in [0.5, 0.6) is 5.75 Å². The zero-order valence-electron chi connectivity index (χ0n) is 13.7. The van der Waals surface area contributed by atoms with Crippen LogP contribution in [0, 0.1) is 5.82 Å². The maximum atomic E-state index is 13.5. The van der Waals surface area contributed by atoms with E-state index in [-0.39, 0.29) is 23.9 Å². The zero-order valence-corrected chi connectivity index (χ0v) is 13.7. The number of ether oxygens (including phenoxy) is 1. The first-order chi connectivity index (χ1) is 12.1. The van der Waals surface area contributed by atoms with Crippen LogP contribution in [0.25, 0.3) is 0 Å². The van der Waals surface area contributed by atoms with Gasteiger partial charge in [0.1, 0.15) is 11.6 Å². The molecule has 2 amide bonds. The Morgan fingerprint density at radius 1 is 1.20 bits per heavy atom. The summed E-state index contributed by atoms with van der Waals surface area (Å²) in [5, 5.41) is 5.36. The molecular formula is C19H19FN2O3. The molecule has 2 aromatic rings. The fourth-order valence-corrected chi connectivity index (χ4v) is 2.65. The third kappa shape index (κ3) is 4.56. The number of hydrogen-bond donors (Lipinski definition) is 2. The molecule has 2 aromatic carbocycles. The molecule has 0 atom stereocenters. The minimum Gasteiger partial charge on any atom is -0.494 e. The van der Waals surface area contributed by atoms with Crippen molar-refractivity contribution in [3.05, 3.63) is 53.8 Å². The van der Waals surface area contributed by atoms with Gasteiger partial charge in [0.05, 0.1) is 12.3 Å². The van der Waals surface area contributed by atoms with Gasteiger partial charge >= 0.3 is 0 Å². The van der Waals surface area contributed by atoms with Gasteiger partial charge in [-0.3, -0.25) is 9.59 Å². The van der Waals surface area contributed by atoms with Crippen molar-refractivity contribution in [1.82, 2.24) is 0 Å². The highest BCUT2D eigenvalue weighted by Crippen LogP contribution is 2.26. The minimum atomic E-state index is -0.451. The number of amides is 2. The Morgan fingerprint density at radius 3 is 2.88 bits per heavy atom. The van der Waals surface area contributed by atoms with Crippen LogP contribution in [0.2, 0.25) is 0 Å². The monoisotopic (exact) mass is 342 g/mol. The van der Waals surface area contributed by atoms with Crippen LogP contribution in [0.4, 0.5) is 15.8 Å². The van der Waals surface area contributed by atoms with Crippen molar-refractivity contribution in [3.8, 4) is 5.75 Å². The Morgan fingerprint density at radius 2 is 2.04 bits per heavy atom. The predicted octanol–water partition coefficient (Wildman–Crippen LogP) is 3.51. The first-order valence-corrected chi connectivity index (χ1v) is 8.22. The summed E-state index contributed by atoms with van der Waals surface area (Å²) in [5.41, 5.74) is 2.06. The Hall–Kier alpha value is -2.89. The van der Waals surface area contributed by atoms with Gasteiger partial charge < -0.3 is 15.4 Å². The second kappa shape index (κ2) is 7.79. The number of carbonyl (C=O) groups is 2. The largest absolute Gasteiger partial charge is 0.494 e. The zero-order chi connectivity index (χ0) is 17.6. The first-order valence-electron chi connectivity index (χ1n) is 8.22. The maximum Gasteiger partial charge on any atom is 0.224 e. The van der Waals surface area contributed by atoms with Crippen molar-refractivity contribution in [2.75, 3.05) is 17.2 Å². The molecule has 0 aromatic heterocycles. The van der Waals surface area contributed by atoms with Crippen LogP contribution < -0.4 is 15.4 Å². The number of fused-ring (bicyclic) bond motifs is 1. The number of benzene rings is 2. The van der Waals surface area contributed by atoms with Crippen LogP contribution >= 0.6 is 0 Å². The van der Waals surface area contributed by atoms with Crippen LogP contribution in [0.1, 0.15) is 24.8 Å². The number of aryl methyl sites for hydroxylation is 1. The van der Waals surface area contributed by atoms with Gasteiger partial charge in [-0.15, -0.1) is 0 Å². The lowest BCUT2D eigenvalue weighted by Gasteiger charge is -2.17. The fourth-order valence-electron chi connectivity index (χ4n) is 2.65. The topological polar surface area (TPSA) is 67.4 Å². The lowest BCUT2D eigenvalue weighted by Crippen LogP contribution is -2.18. The Labute approximate surface area is 145 Å². The van der Waals surface area contributed by atoms with Crippen molar-refractivity contribution in [2.24, 2.45) is 0 Å². The van der Waals surface area contributed by atoms with E-state index in [9.17, 15) is 14.0 Å². The molecule has 0 spiro atoms. The van der Waals surface area contributed by atoms with Crippen molar-refractivity contribution in [3.63, 3.8) is 0 Å². The number of para-hydroxylation sites is 1. The van der Waals surface area contributed by atoms with Gasteiger partial charge in [-0.25, -0.2) is 4.39 Å². The van der Waals surface area contributed by atoms with Crippen LogP contribution in [-0.4, -0.2) is 18.4 Å². The first kappa shape index (κ1) is 17.0. The maximum absolute atomic E-state index is 13.5. The Balaban J connectivity index is 1.43. The van der Waals surface area contributed by atoms with E-state index in [1.54, 1.807) is 18.2 Å². The minimum absolute atomic E-state index is 0.0297. The van der Waals surface area contributed by atoms with Gasteiger partial charge in [0, 0.05) is 18.5 Å². The van der Waals surface area contributed by atoms with E-state index in [1.807, 2.05) is 12.1 Å². The van der Waals surface area contributed by atoms with Gasteiger partial charge in [-0.1, -0.05) is 12.1 Å². The molecule has 0 fully saturated rings. The number of halogens is 1. The third-order valence-electron chi connectivity index (χ3n) is 3.94. The Kier molecular flexibility index (Phi) is 5.28. The van der Waals surface area contributed by atoms with E-state index < -0.39 is 5.82 Å². The van der Waals surface area contributed by atoms with E-state index >= 15 is 0 Å². The second-order valence-electron chi connectivity index (χ2n) is 5.85. The average molecular weight is 342 g/mol. The van der Waals surface area contributed by atoms with Crippen LogP contribution in [-0.2, 0) is 16.0 Å². The number of hydrogen-bond acceptors (Lipinski definition) is 3. The molecule has 0 radical (unpaired) electrons. The van der Waals surface area contributed by atoms with Gasteiger partial charge in [0.25, 0.3) is 0 Å². The molecule has 0 bridgehead atoms. The second-order valence-corrected chi connectivity index (χ2v) is 5.85. The van der Waals surface area contributed by atoms with E-state index in [1.165, 1.54) is 12.1 Å². The van der Waals surface area contributed by atoms with E-state index in [4.69, 9.17) is 4.74 Å². The molecule has 0 saturated carbocycles. The number of anilines is 2. The summed E-state index contributed by atoms with van der Waals surface area (Å²) in [4.78, 5) is 23.2. The molecule has 0 unspecified atom stereocenters. The number of rotatable bonds is 6. The van der Waals surface area contributed by atoms with Crippen molar-refractivity contribution >= 4 is 23.2 Å². The smallest absolute Gasteiger partial charge is 0.224 e. The summed E-state index contributed by atoms with van der Waals surface area (Å²) in [6, 6.07) is 11.6. The molecule has 1 aliphatic heterocycles. The SMILES string of the molecule is O=C(CCCOc1ccc2c(c1)CCC(=O)N2)Nc1ccccc1F. The van der Waals surface area contributed by atoms with Crippen molar-refractivity contribution in [2.45, 2.75) is 25.7 Å². The molecular weight excluding hydrogens is 323 g/mol. The lowest BCUT2D eigenvalue weighted by molar-refractivity contribution is -0.117. The molecule has 5 nitrogen and oxygen atoms in total. The van der Waals surface area contributed by atoms with Crippen LogP contribution in [0.3, 0.4) is 0 Å². The highest BCUT2D eigenvalue weighted by Gasteiger charge is 2.15. The fraction of sp³-hybridized carbons (Fsp3) is 0.263. The normalized spacial score (nSPS) is 12.9. The van der Waals surface area contributed by atoms with Gasteiger partial charge in [-0.05, 0) is 48.7 Å². The van der Waals surface area contributed by atoms with E-state index in [2.05, 4.69) is 10.6 Å². The molecule has 3 rings (SSSR count). The summed E-state index contributed by atoms with van der Waals surface area (Å²) >= 11 is 0. The quantitative estimate of drug-likeness (QED) is 0.790. The molecule has 1 heterocycles. The highest BCUT2D eigenvalue weighted by atomic mass is 19.1. The highest BCUT2D eigenvalue weighted by molar-refractivity contribution is 5.94. The molecule has 25 heavy (non-hydrogen) atoms. The summed E-state index contributed by atoms with van der Waals surface area (Å²) in [6.07, 6.45) is 1.94.